The normalized spacial score (nSPS) is 26.1. The third-order valence-corrected chi connectivity index (χ3v) is 3.77. The largest absolute Gasteiger partial charge is 0.485 e. The molecule has 1 N–H and O–H groups in total. The monoisotopic (exact) mass is 258 g/mol. The third-order valence-electron chi connectivity index (χ3n) is 3.77. The van der Waals surface area contributed by atoms with Crippen molar-refractivity contribution in [1.29, 1.82) is 0 Å². The molecule has 4 nitrogen and oxygen atoms in total. The van der Waals surface area contributed by atoms with Gasteiger partial charge in [0.25, 0.3) is 0 Å². The zero-order chi connectivity index (χ0) is 13.2. The van der Waals surface area contributed by atoms with Crippen LogP contribution in [-0.2, 0) is 4.74 Å². The quantitative estimate of drug-likeness (QED) is 0.910. The molecule has 19 heavy (non-hydrogen) atoms. The second kappa shape index (κ2) is 5.15. The van der Waals surface area contributed by atoms with E-state index in [2.05, 4.69) is 10.3 Å². The molecular formula is C15H18N2O2. The van der Waals surface area contributed by atoms with Gasteiger partial charge in [-0.1, -0.05) is 18.2 Å². The van der Waals surface area contributed by atoms with Crippen LogP contribution in [0.1, 0.15) is 6.42 Å². The van der Waals surface area contributed by atoms with E-state index < -0.39 is 0 Å². The first-order chi connectivity index (χ1) is 9.33. The number of benzene rings is 1. The number of fused-ring (bicyclic) bond motifs is 1. The number of para-hydroxylation sites is 1. The highest BCUT2D eigenvalue weighted by molar-refractivity contribution is 5.84. The molecule has 1 aromatic carbocycles. The van der Waals surface area contributed by atoms with E-state index in [0.717, 1.165) is 23.1 Å². The molecule has 1 aliphatic rings. The third kappa shape index (κ3) is 2.17. The van der Waals surface area contributed by atoms with Crippen molar-refractivity contribution in [3.05, 3.63) is 36.5 Å². The number of hydrogen-bond donors (Lipinski definition) is 1. The number of aromatic nitrogens is 1. The van der Waals surface area contributed by atoms with Crippen molar-refractivity contribution >= 4 is 10.9 Å². The zero-order valence-corrected chi connectivity index (χ0v) is 11.2. The van der Waals surface area contributed by atoms with Gasteiger partial charge in [0.1, 0.15) is 23.5 Å². The highest BCUT2D eigenvalue weighted by Crippen LogP contribution is 2.31. The van der Waals surface area contributed by atoms with Crippen LogP contribution >= 0.6 is 0 Å². The lowest BCUT2D eigenvalue weighted by Gasteiger charge is -2.43. The number of ether oxygens (including phenoxy) is 2. The summed E-state index contributed by atoms with van der Waals surface area (Å²) in [4.78, 5) is 4.40. The van der Waals surface area contributed by atoms with Gasteiger partial charge in [0.05, 0.1) is 0 Å². The molecule has 1 aromatic heterocycles. The summed E-state index contributed by atoms with van der Waals surface area (Å²) in [6.07, 6.45) is 2.94. The Balaban J connectivity index is 1.83. The van der Waals surface area contributed by atoms with E-state index in [-0.39, 0.29) is 12.2 Å². The van der Waals surface area contributed by atoms with E-state index in [1.54, 1.807) is 13.3 Å². The van der Waals surface area contributed by atoms with Gasteiger partial charge < -0.3 is 14.8 Å². The molecule has 1 heterocycles. The SMILES string of the molecule is CNC1CC(Oc2cccc3cccnc23)C1OC. The van der Waals surface area contributed by atoms with Gasteiger partial charge in [-0.05, 0) is 19.2 Å². The van der Waals surface area contributed by atoms with Crippen LogP contribution in [0.4, 0.5) is 0 Å². The minimum Gasteiger partial charge on any atom is -0.485 e. The van der Waals surface area contributed by atoms with Crippen molar-refractivity contribution in [2.45, 2.75) is 24.7 Å². The summed E-state index contributed by atoms with van der Waals surface area (Å²) < 4.78 is 11.6. The molecule has 1 aliphatic carbocycles. The number of nitrogens with one attached hydrogen (secondary N) is 1. The summed E-state index contributed by atoms with van der Waals surface area (Å²) >= 11 is 0. The first-order valence-corrected chi connectivity index (χ1v) is 6.54. The summed E-state index contributed by atoms with van der Waals surface area (Å²) in [5.74, 6) is 0.833. The van der Waals surface area contributed by atoms with Gasteiger partial charge in [0.15, 0.2) is 0 Å². The van der Waals surface area contributed by atoms with Crippen molar-refractivity contribution < 1.29 is 9.47 Å². The lowest BCUT2D eigenvalue weighted by atomic mass is 9.85. The van der Waals surface area contributed by atoms with Crippen LogP contribution in [0.3, 0.4) is 0 Å². The number of likely N-dealkylation sites (N-methyl/N-ethyl adjacent to an activating group) is 1. The van der Waals surface area contributed by atoms with E-state index in [0.29, 0.717) is 6.04 Å². The second-order valence-electron chi connectivity index (χ2n) is 4.82. The Bertz CT molecular complexity index is 568. The molecule has 3 atom stereocenters. The van der Waals surface area contributed by atoms with Crippen molar-refractivity contribution in [3.8, 4) is 5.75 Å². The maximum atomic E-state index is 6.07. The Morgan fingerprint density at radius 1 is 1.26 bits per heavy atom. The summed E-state index contributed by atoms with van der Waals surface area (Å²) in [7, 11) is 3.68. The topological polar surface area (TPSA) is 43.4 Å². The first-order valence-electron chi connectivity index (χ1n) is 6.54. The van der Waals surface area contributed by atoms with Gasteiger partial charge in [-0.25, -0.2) is 0 Å². The number of pyridine rings is 1. The van der Waals surface area contributed by atoms with Crippen LogP contribution in [0.5, 0.6) is 5.75 Å². The second-order valence-corrected chi connectivity index (χ2v) is 4.82. The van der Waals surface area contributed by atoms with Gasteiger partial charge in [-0.3, -0.25) is 4.98 Å². The first kappa shape index (κ1) is 12.4. The van der Waals surface area contributed by atoms with Crippen LogP contribution in [0.25, 0.3) is 10.9 Å². The molecule has 0 radical (unpaired) electrons. The van der Waals surface area contributed by atoms with Crippen LogP contribution in [0.15, 0.2) is 36.5 Å². The Hall–Kier alpha value is -1.65. The molecule has 0 spiro atoms. The molecular weight excluding hydrogens is 240 g/mol. The molecule has 0 amide bonds. The standard InChI is InChI=1S/C15H18N2O2/c1-16-11-9-13(15(11)18-2)19-12-7-3-5-10-6-4-8-17-14(10)12/h3-8,11,13,15-16H,9H2,1-2H3. The number of rotatable bonds is 4. The van der Waals surface area contributed by atoms with Crippen LogP contribution < -0.4 is 10.1 Å². The maximum Gasteiger partial charge on any atom is 0.146 e. The fraction of sp³-hybridized carbons (Fsp3) is 0.400. The average Bonchev–Trinajstić information content (AvgIpc) is 2.43. The van der Waals surface area contributed by atoms with Gasteiger partial charge in [-0.15, -0.1) is 0 Å². The summed E-state index contributed by atoms with van der Waals surface area (Å²) in [5.41, 5.74) is 0.910. The molecule has 2 aromatic rings. The molecule has 1 fully saturated rings. The molecule has 4 heteroatoms. The Kier molecular flexibility index (Phi) is 3.36. The predicted octanol–water partition coefficient (Wildman–Crippen LogP) is 1.99. The Morgan fingerprint density at radius 3 is 2.89 bits per heavy atom. The fourth-order valence-corrected chi connectivity index (χ4v) is 2.63. The van der Waals surface area contributed by atoms with Gasteiger partial charge in [0.2, 0.25) is 0 Å². The van der Waals surface area contributed by atoms with Crippen molar-refractivity contribution in [3.63, 3.8) is 0 Å². The van der Waals surface area contributed by atoms with E-state index in [1.165, 1.54) is 0 Å². The number of nitrogens with zero attached hydrogens (tertiary/aromatic N) is 1. The van der Waals surface area contributed by atoms with Gasteiger partial charge >= 0.3 is 0 Å². The molecule has 3 rings (SSSR count). The maximum absolute atomic E-state index is 6.07. The minimum absolute atomic E-state index is 0.0926. The highest BCUT2D eigenvalue weighted by Gasteiger charge is 2.42. The molecule has 3 unspecified atom stereocenters. The van der Waals surface area contributed by atoms with E-state index in [9.17, 15) is 0 Å². The molecule has 0 bridgehead atoms. The molecule has 100 valence electrons. The number of methoxy groups -OCH3 is 1. The summed E-state index contributed by atoms with van der Waals surface area (Å²) in [6.45, 7) is 0. The van der Waals surface area contributed by atoms with E-state index >= 15 is 0 Å². The Labute approximate surface area is 112 Å². The fourth-order valence-electron chi connectivity index (χ4n) is 2.63. The highest BCUT2D eigenvalue weighted by atomic mass is 16.5. The molecule has 0 saturated heterocycles. The van der Waals surface area contributed by atoms with Gasteiger partial charge in [0, 0.05) is 31.2 Å². The summed E-state index contributed by atoms with van der Waals surface area (Å²) in [5, 5.41) is 4.33. The average molecular weight is 258 g/mol. The lowest BCUT2D eigenvalue weighted by Crippen LogP contribution is -2.60. The molecule has 1 saturated carbocycles. The summed E-state index contributed by atoms with van der Waals surface area (Å²) in [6, 6.07) is 10.4. The van der Waals surface area contributed by atoms with Crippen LogP contribution in [0.2, 0.25) is 0 Å². The molecule has 0 aliphatic heterocycles. The van der Waals surface area contributed by atoms with Crippen molar-refractivity contribution in [1.82, 2.24) is 10.3 Å². The van der Waals surface area contributed by atoms with Crippen LogP contribution in [-0.4, -0.2) is 37.4 Å². The smallest absolute Gasteiger partial charge is 0.146 e. The van der Waals surface area contributed by atoms with Crippen LogP contribution in [0, 0.1) is 0 Å². The predicted molar refractivity (Wildman–Crippen MR) is 74.4 cm³/mol. The van der Waals surface area contributed by atoms with E-state index in [1.807, 2.05) is 37.4 Å². The van der Waals surface area contributed by atoms with Crippen molar-refractivity contribution in [2.24, 2.45) is 0 Å². The zero-order valence-electron chi connectivity index (χ0n) is 11.2. The van der Waals surface area contributed by atoms with E-state index in [4.69, 9.17) is 9.47 Å². The van der Waals surface area contributed by atoms with Crippen molar-refractivity contribution in [2.75, 3.05) is 14.2 Å². The Morgan fingerprint density at radius 2 is 2.11 bits per heavy atom. The minimum atomic E-state index is 0.0926. The lowest BCUT2D eigenvalue weighted by molar-refractivity contribution is -0.0865. The number of hydrogen-bond acceptors (Lipinski definition) is 4. The van der Waals surface area contributed by atoms with Gasteiger partial charge in [-0.2, -0.15) is 0 Å².